The second-order valence-corrected chi connectivity index (χ2v) is 8.73. The molecule has 0 aromatic heterocycles. The summed E-state index contributed by atoms with van der Waals surface area (Å²) in [6.07, 6.45) is 1.21. The summed E-state index contributed by atoms with van der Waals surface area (Å²) in [6.45, 7) is 0.0994. The minimum Gasteiger partial charge on any atom is -0.487 e. The van der Waals surface area contributed by atoms with Gasteiger partial charge in [0.15, 0.2) is 0 Å². The molecule has 12 heteroatoms. The number of anilines is 1. The molecular weight excluding hydrogens is 533 g/mol. The molecule has 1 N–H and O–H groups in total. The van der Waals surface area contributed by atoms with Gasteiger partial charge in [-0.1, -0.05) is 46.9 Å². The Balaban J connectivity index is 1.69. The van der Waals surface area contributed by atoms with Crippen LogP contribution < -0.4 is 15.0 Å². The smallest absolute Gasteiger partial charge is 0.335 e. The molecule has 9 nitrogen and oxygen atoms in total. The first-order valence-electron chi connectivity index (χ1n) is 10.2. The Morgan fingerprint density at radius 1 is 0.944 bits per heavy atom. The largest absolute Gasteiger partial charge is 0.487 e. The van der Waals surface area contributed by atoms with Crippen molar-refractivity contribution in [2.24, 2.45) is 0 Å². The van der Waals surface area contributed by atoms with Crippen LogP contribution in [0.15, 0.2) is 66.2 Å². The maximum Gasteiger partial charge on any atom is 0.335 e. The lowest BCUT2D eigenvalue weighted by atomic mass is 10.1. The van der Waals surface area contributed by atoms with Gasteiger partial charge in [-0.15, -0.1) is 0 Å². The average molecular weight is 547 g/mol. The van der Waals surface area contributed by atoms with Crippen molar-refractivity contribution in [1.29, 1.82) is 0 Å². The van der Waals surface area contributed by atoms with Gasteiger partial charge in [-0.05, 0) is 48.0 Å². The first-order valence-corrected chi connectivity index (χ1v) is 11.3. The van der Waals surface area contributed by atoms with Gasteiger partial charge >= 0.3 is 6.03 Å². The summed E-state index contributed by atoms with van der Waals surface area (Å²) in [6, 6.07) is 13.5. The van der Waals surface area contributed by atoms with E-state index >= 15 is 0 Å². The highest BCUT2D eigenvalue weighted by Crippen LogP contribution is 2.35. The van der Waals surface area contributed by atoms with Crippen LogP contribution >= 0.6 is 34.8 Å². The topological polar surface area (TPSA) is 119 Å². The van der Waals surface area contributed by atoms with E-state index < -0.39 is 28.3 Å². The molecule has 182 valence electrons. The quantitative estimate of drug-likeness (QED) is 0.181. The number of carbonyl (C=O) groups excluding carboxylic acids is 3. The van der Waals surface area contributed by atoms with E-state index in [0.717, 1.165) is 17.7 Å². The molecule has 3 aromatic rings. The van der Waals surface area contributed by atoms with E-state index in [2.05, 4.69) is 5.32 Å². The van der Waals surface area contributed by atoms with Crippen LogP contribution in [0.3, 0.4) is 0 Å². The SMILES string of the molecule is O=C1NC(=O)N(c2ccc([N+](=O)[O-])cc2)C(=O)/C1=C/c1cc(Cl)cc(Cl)c1OCc1ccc(Cl)cc1. The van der Waals surface area contributed by atoms with E-state index in [4.69, 9.17) is 39.5 Å². The van der Waals surface area contributed by atoms with Crippen molar-refractivity contribution in [2.75, 3.05) is 4.90 Å². The maximum atomic E-state index is 13.2. The van der Waals surface area contributed by atoms with Crippen LogP contribution in [-0.4, -0.2) is 22.8 Å². The molecule has 0 bridgehead atoms. The first-order chi connectivity index (χ1) is 17.1. The van der Waals surface area contributed by atoms with Gasteiger partial charge < -0.3 is 4.74 Å². The number of nitro groups is 1. The molecule has 0 aliphatic carbocycles. The zero-order valence-electron chi connectivity index (χ0n) is 18.0. The number of nitro benzene ring substituents is 1. The van der Waals surface area contributed by atoms with Crippen LogP contribution in [0.1, 0.15) is 11.1 Å². The number of nitrogens with one attached hydrogen (secondary N) is 1. The number of hydrogen-bond donors (Lipinski definition) is 1. The summed E-state index contributed by atoms with van der Waals surface area (Å²) >= 11 is 18.4. The first kappa shape index (κ1) is 25.2. The lowest BCUT2D eigenvalue weighted by molar-refractivity contribution is -0.384. The Morgan fingerprint density at radius 2 is 1.61 bits per heavy atom. The fourth-order valence-corrected chi connectivity index (χ4v) is 4.04. The van der Waals surface area contributed by atoms with E-state index in [-0.39, 0.29) is 39.3 Å². The molecule has 1 aliphatic rings. The zero-order valence-corrected chi connectivity index (χ0v) is 20.3. The summed E-state index contributed by atoms with van der Waals surface area (Å²) < 4.78 is 5.86. The Bertz CT molecular complexity index is 1420. The Hall–Kier alpha value is -3.92. The van der Waals surface area contributed by atoms with Crippen LogP contribution in [0.2, 0.25) is 15.1 Å². The summed E-state index contributed by atoms with van der Waals surface area (Å²) in [7, 11) is 0. The molecule has 0 spiro atoms. The molecule has 1 heterocycles. The highest BCUT2D eigenvalue weighted by atomic mass is 35.5. The number of rotatable bonds is 6. The van der Waals surface area contributed by atoms with Crippen molar-refractivity contribution in [1.82, 2.24) is 5.32 Å². The molecule has 36 heavy (non-hydrogen) atoms. The third kappa shape index (κ3) is 5.33. The van der Waals surface area contributed by atoms with Gasteiger partial charge in [0.1, 0.15) is 17.9 Å². The zero-order chi connectivity index (χ0) is 26.0. The summed E-state index contributed by atoms with van der Waals surface area (Å²) in [5, 5.41) is 13.9. The van der Waals surface area contributed by atoms with Crippen LogP contribution in [-0.2, 0) is 16.2 Å². The van der Waals surface area contributed by atoms with Gasteiger partial charge in [0.05, 0.1) is 15.6 Å². The predicted octanol–water partition coefficient (Wildman–Crippen LogP) is 5.80. The number of ether oxygens (including phenoxy) is 1. The Labute approximate surface area is 219 Å². The lowest BCUT2D eigenvalue weighted by Crippen LogP contribution is -2.54. The van der Waals surface area contributed by atoms with Crippen LogP contribution in [0.5, 0.6) is 5.75 Å². The fourth-order valence-electron chi connectivity index (χ4n) is 3.35. The van der Waals surface area contributed by atoms with Gasteiger partial charge in [-0.3, -0.25) is 25.0 Å². The van der Waals surface area contributed by atoms with Gasteiger partial charge in [0.2, 0.25) is 0 Å². The van der Waals surface area contributed by atoms with E-state index in [1.807, 2.05) is 0 Å². The van der Waals surface area contributed by atoms with Gasteiger partial charge in [0.25, 0.3) is 17.5 Å². The summed E-state index contributed by atoms with van der Waals surface area (Å²) in [5.74, 6) is -1.73. The maximum absolute atomic E-state index is 13.2. The third-order valence-corrected chi connectivity index (χ3v) is 5.80. The molecule has 0 radical (unpaired) electrons. The normalized spacial score (nSPS) is 14.7. The number of amides is 4. The van der Waals surface area contributed by atoms with Gasteiger partial charge in [-0.25, -0.2) is 9.69 Å². The number of halogens is 3. The number of benzene rings is 3. The molecule has 4 amide bonds. The Kier molecular flexibility index (Phi) is 7.25. The van der Waals surface area contributed by atoms with Crippen molar-refractivity contribution in [3.8, 4) is 5.75 Å². The highest BCUT2D eigenvalue weighted by molar-refractivity contribution is 6.40. The van der Waals surface area contributed by atoms with Crippen LogP contribution in [0, 0.1) is 10.1 Å². The number of non-ortho nitro benzene ring substituents is 1. The number of carbonyl (C=O) groups is 3. The van der Waals surface area contributed by atoms with Crippen molar-refractivity contribution >= 4 is 70.1 Å². The average Bonchev–Trinajstić information content (AvgIpc) is 2.82. The third-order valence-electron chi connectivity index (χ3n) is 5.05. The minimum absolute atomic E-state index is 0.0323. The number of urea groups is 1. The van der Waals surface area contributed by atoms with E-state index in [1.165, 1.54) is 30.3 Å². The monoisotopic (exact) mass is 545 g/mol. The highest BCUT2D eigenvalue weighted by Gasteiger charge is 2.37. The summed E-state index contributed by atoms with van der Waals surface area (Å²) in [4.78, 5) is 49.2. The van der Waals surface area contributed by atoms with Crippen LogP contribution in [0.4, 0.5) is 16.2 Å². The molecule has 0 unspecified atom stereocenters. The van der Waals surface area contributed by atoms with E-state index in [0.29, 0.717) is 9.92 Å². The standard InChI is InChI=1S/C24H14Cl3N3O6/c25-15-3-1-13(2-4-15)12-36-21-14(9-16(26)11-20(21)27)10-19-22(31)28-24(33)29(23(19)32)17-5-7-18(8-6-17)30(34)35/h1-11H,12H2,(H,28,31,33)/b19-10+. The van der Waals surface area contributed by atoms with Crippen LogP contribution in [0.25, 0.3) is 6.08 Å². The number of hydrogen-bond acceptors (Lipinski definition) is 6. The molecular formula is C24H14Cl3N3O6. The number of imide groups is 2. The molecule has 1 aliphatic heterocycles. The van der Waals surface area contributed by atoms with Gasteiger partial charge in [0, 0.05) is 27.7 Å². The van der Waals surface area contributed by atoms with Crippen molar-refractivity contribution in [3.63, 3.8) is 0 Å². The molecule has 0 saturated carbocycles. The van der Waals surface area contributed by atoms with E-state index in [1.54, 1.807) is 24.3 Å². The van der Waals surface area contributed by atoms with Crippen molar-refractivity contribution in [2.45, 2.75) is 6.61 Å². The lowest BCUT2D eigenvalue weighted by Gasteiger charge is -2.26. The summed E-state index contributed by atoms with van der Waals surface area (Å²) in [5.41, 5.74) is 0.405. The second-order valence-electron chi connectivity index (χ2n) is 7.45. The van der Waals surface area contributed by atoms with E-state index in [9.17, 15) is 24.5 Å². The number of nitrogens with zero attached hydrogens (tertiary/aromatic N) is 2. The molecule has 1 fully saturated rings. The molecule has 1 saturated heterocycles. The number of barbiturate groups is 1. The molecule has 4 rings (SSSR count). The molecule has 0 atom stereocenters. The fraction of sp³-hybridized carbons (Fsp3) is 0.0417. The predicted molar refractivity (Wildman–Crippen MR) is 134 cm³/mol. The molecule has 3 aromatic carbocycles. The minimum atomic E-state index is -1.00. The Morgan fingerprint density at radius 3 is 2.25 bits per heavy atom. The van der Waals surface area contributed by atoms with Crippen molar-refractivity contribution < 1.29 is 24.0 Å². The van der Waals surface area contributed by atoms with Gasteiger partial charge in [-0.2, -0.15) is 0 Å². The second kappa shape index (κ2) is 10.4. The van der Waals surface area contributed by atoms with Crippen molar-refractivity contribution in [3.05, 3.63) is 103 Å².